The Hall–Kier alpha value is -2.87. The second-order valence-corrected chi connectivity index (χ2v) is 3.10. The van der Waals surface area contributed by atoms with Gasteiger partial charge in [-0.1, -0.05) is 0 Å². The van der Waals surface area contributed by atoms with Crippen molar-refractivity contribution in [3.05, 3.63) is 18.2 Å². The van der Waals surface area contributed by atoms with Gasteiger partial charge < -0.3 is 15.4 Å². The van der Waals surface area contributed by atoms with E-state index in [1.54, 1.807) is 0 Å². The van der Waals surface area contributed by atoms with Crippen LogP contribution in [0.3, 0.4) is 0 Å². The molecule has 0 aliphatic heterocycles. The molecule has 0 saturated carbocycles. The molecular weight excluding hydrogens is 238 g/mol. The zero-order chi connectivity index (χ0) is 14.0. The molecule has 1 amide bonds. The summed E-state index contributed by atoms with van der Waals surface area (Å²) in [6.45, 7) is 1.28. The van der Waals surface area contributed by atoms with E-state index in [0.29, 0.717) is 5.69 Å². The summed E-state index contributed by atoms with van der Waals surface area (Å²) in [5.41, 5.74) is 0.672. The lowest BCUT2D eigenvalue weighted by Gasteiger charge is -2.11. The van der Waals surface area contributed by atoms with Gasteiger partial charge in [0.1, 0.15) is 6.04 Å². The Morgan fingerprint density at radius 3 is 2.50 bits per heavy atom. The van der Waals surface area contributed by atoms with Gasteiger partial charge in [0, 0.05) is 25.2 Å². The van der Waals surface area contributed by atoms with Gasteiger partial charge in [0.25, 0.3) is 0 Å². The number of rotatable bonds is 4. The summed E-state index contributed by atoms with van der Waals surface area (Å²) in [5, 5.41) is 25.6. The first-order valence-corrected chi connectivity index (χ1v) is 4.76. The van der Waals surface area contributed by atoms with Gasteiger partial charge in [-0.05, 0) is 0 Å². The highest BCUT2D eigenvalue weighted by Crippen LogP contribution is 1.98. The predicted molar refractivity (Wildman–Crippen MR) is 58.8 cm³/mol. The Balaban J connectivity index is 0.000000631. The van der Waals surface area contributed by atoms with Crippen molar-refractivity contribution in [3.8, 4) is 12.1 Å². The summed E-state index contributed by atoms with van der Waals surface area (Å²) in [5.74, 6) is -1.42. The van der Waals surface area contributed by atoms with Crippen LogP contribution in [0.1, 0.15) is 12.6 Å². The van der Waals surface area contributed by atoms with Crippen LogP contribution in [0, 0.1) is 22.7 Å². The van der Waals surface area contributed by atoms with Gasteiger partial charge in [-0.25, -0.2) is 9.78 Å². The van der Waals surface area contributed by atoms with E-state index >= 15 is 0 Å². The van der Waals surface area contributed by atoms with Gasteiger partial charge in [0.2, 0.25) is 5.91 Å². The second kappa shape index (κ2) is 8.30. The van der Waals surface area contributed by atoms with Gasteiger partial charge >= 0.3 is 5.97 Å². The highest BCUT2D eigenvalue weighted by Gasteiger charge is 2.18. The number of hydrogen-bond donors (Lipinski definition) is 3. The van der Waals surface area contributed by atoms with Crippen molar-refractivity contribution in [1.29, 1.82) is 10.5 Å². The lowest BCUT2D eigenvalue weighted by molar-refractivity contribution is -0.141. The average molecular weight is 249 g/mol. The zero-order valence-electron chi connectivity index (χ0n) is 9.54. The maximum absolute atomic E-state index is 10.7. The molecular formula is C10H11N5O3. The van der Waals surface area contributed by atoms with Gasteiger partial charge in [-0.2, -0.15) is 10.5 Å². The standard InChI is InChI=1S/C8H11N3O3.C2N2/c1-5(12)11-7(8(13)14)2-6-3-9-4-10-6;3-1-2-4/h3-4,7H,2H2,1H3,(H,9,10)(H,11,12)(H,13,14);. The molecule has 8 heteroatoms. The smallest absolute Gasteiger partial charge is 0.326 e. The summed E-state index contributed by atoms with van der Waals surface area (Å²) < 4.78 is 0. The van der Waals surface area contributed by atoms with Gasteiger partial charge in [0.05, 0.1) is 6.33 Å². The van der Waals surface area contributed by atoms with Crippen molar-refractivity contribution in [2.45, 2.75) is 19.4 Å². The van der Waals surface area contributed by atoms with Crippen LogP contribution in [-0.2, 0) is 16.0 Å². The number of aromatic amines is 1. The Labute approximate surface area is 103 Å². The Kier molecular flexibility index (Phi) is 6.98. The average Bonchev–Trinajstić information content (AvgIpc) is 2.80. The number of imidazole rings is 1. The number of carbonyl (C=O) groups is 2. The molecule has 1 rings (SSSR count). The number of nitrogens with zero attached hydrogens (tertiary/aromatic N) is 3. The molecule has 0 radical (unpaired) electrons. The SMILES string of the molecule is CC(=O)NC(Cc1cnc[nH]1)C(=O)O.N#CC#N. The van der Waals surface area contributed by atoms with E-state index in [-0.39, 0.29) is 12.3 Å². The van der Waals surface area contributed by atoms with E-state index in [1.807, 2.05) is 0 Å². The summed E-state index contributed by atoms with van der Waals surface area (Å²) in [6.07, 6.45) is 3.19. The number of aromatic nitrogens is 2. The van der Waals surface area contributed by atoms with Gasteiger partial charge in [-0.15, -0.1) is 0 Å². The van der Waals surface area contributed by atoms with Crippen molar-refractivity contribution >= 4 is 11.9 Å². The molecule has 0 aromatic carbocycles. The third kappa shape index (κ3) is 6.58. The highest BCUT2D eigenvalue weighted by molar-refractivity contribution is 5.82. The van der Waals surface area contributed by atoms with Gasteiger partial charge in [-0.3, -0.25) is 4.79 Å². The van der Waals surface area contributed by atoms with E-state index in [4.69, 9.17) is 15.6 Å². The minimum Gasteiger partial charge on any atom is -0.480 e. The lowest BCUT2D eigenvalue weighted by Crippen LogP contribution is -2.41. The van der Waals surface area contributed by atoms with Crippen LogP contribution in [0.25, 0.3) is 0 Å². The molecule has 1 aromatic rings. The van der Waals surface area contributed by atoms with Crippen molar-refractivity contribution < 1.29 is 14.7 Å². The fraction of sp³-hybridized carbons (Fsp3) is 0.300. The number of nitriles is 2. The van der Waals surface area contributed by atoms with Gasteiger partial charge in [0.15, 0.2) is 12.1 Å². The normalized spacial score (nSPS) is 9.94. The van der Waals surface area contributed by atoms with Crippen LogP contribution < -0.4 is 5.32 Å². The van der Waals surface area contributed by atoms with E-state index in [2.05, 4.69) is 15.3 Å². The monoisotopic (exact) mass is 249 g/mol. The van der Waals surface area contributed by atoms with Crippen LogP contribution in [0.5, 0.6) is 0 Å². The van der Waals surface area contributed by atoms with Crippen LogP contribution in [0.2, 0.25) is 0 Å². The van der Waals surface area contributed by atoms with E-state index < -0.39 is 12.0 Å². The molecule has 1 heterocycles. The number of carbonyl (C=O) groups excluding carboxylic acids is 1. The fourth-order valence-electron chi connectivity index (χ4n) is 1.06. The van der Waals surface area contributed by atoms with Crippen LogP contribution >= 0.6 is 0 Å². The largest absolute Gasteiger partial charge is 0.480 e. The molecule has 1 unspecified atom stereocenters. The molecule has 0 aliphatic carbocycles. The molecule has 0 saturated heterocycles. The molecule has 1 atom stereocenters. The Morgan fingerprint density at radius 1 is 1.56 bits per heavy atom. The molecule has 94 valence electrons. The zero-order valence-corrected chi connectivity index (χ0v) is 9.54. The third-order valence-corrected chi connectivity index (χ3v) is 1.70. The second-order valence-electron chi connectivity index (χ2n) is 3.10. The minimum absolute atomic E-state index is 0.203. The third-order valence-electron chi connectivity index (χ3n) is 1.70. The summed E-state index contributed by atoms with van der Waals surface area (Å²) in [6, 6.07) is 1.56. The fourth-order valence-corrected chi connectivity index (χ4v) is 1.06. The van der Waals surface area contributed by atoms with Crippen molar-refractivity contribution in [2.75, 3.05) is 0 Å². The van der Waals surface area contributed by atoms with E-state index in [9.17, 15) is 9.59 Å². The maximum atomic E-state index is 10.7. The summed E-state index contributed by atoms with van der Waals surface area (Å²) >= 11 is 0. The Bertz CT molecular complexity index is 457. The van der Waals surface area contributed by atoms with E-state index in [0.717, 1.165) is 0 Å². The quantitative estimate of drug-likeness (QED) is 0.660. The number of hydrogen-bond acceptors (Lipinski definition) is 5. The lowest BCUT2D eigenvalue weighted by atomic mass is 10.1. The van der Waals surface area contributed by atoms with Crippen molar-refractivity contribution in [3.63, 3.8) is 0 Å². The molecule has 8 nitrogen and oxygen atoms in total. The molecule has 1 aromatic heterocycles. The van der Waals surface area contributed by atoms with Crippen molar-refractivity contribution in [2.24, 2.45) is 0 Å². The predicted octanol–water partition coefficient (Wildman–Crippen LogP) is -0.425. The number of amides is 1. The highest BCUT2D eigenvalue weighted by atomic mass is 16.4. The molecule has 3 N–H and O–H groups in total. The van der Waals surface area contributed by atoms with Crippen LogP contribution in [0.15, 0.2) is 12.5 Å². The van der Waals surface area contributed by atoms with E-state index in [1.165, 1.54) is 31.6 Å². The maximum Gasteiger partial charge on any atom is 0.326 e. The number of carboxylic acids is 1. The number of nitrogens with one attached hydrogen (secondary N) is 2. The number of aliphatic carboxylic acids is 1. The first-order valence-electron chi connectivity index (χ1n) is 4.76. The first kappa shape index (κ1) is 15.1. The first-order chi connectivity index (χ1) is 8.51. The summed E-state index contributed by atoms with van der Waals surface area (Å²) in [4.78, 5) is 27.9. The molecule has 0 aliphatic rings. The minimum atomic E-state index is -1.06. The molecule has 18 heavy (non-hydrogen) atoms. The summed E-state index contributed by atoms with van der Waals surface area (Å²) in [7, 11) is 0. The molecule has 0 bridgehead atoms. The topological polar surface area (TPSA) is 143 Å². The Morgan fingerprint density at radius 2 is 2.17 bits per heavy atom. The van der Waals surface area contributed by atoms with Crippen molar-refractivity contribution in [1.82, 2.24) is 15.3 Å². The van der Waals surface area contributed by atoms with Crippen LogP contribution in [-0.4, -0.2) is 33.0 Å². The number of carboxylic acid groups (broad SMARTS) is 1. The number of H-pyrrole nitrogens is 1. The van der Waals surface area contributed by atoms with Crippen LogP contribution in [0.4, 0.5) is 0 Å². The molecule has 0 spiro atoms. The molecule has 0 fully saturated rings.